The van der Waals surface area contributed by atoms with Crippen LogP contribution in [-0.4, -0.2) is 40.8 Å². The normalized spacial score (nSPS) is 26.3. The summed E-state index contributed by atoms with van der Waals surface area (Å²) in [5, 5.41) is 5.11. The van der Waals surface area contributed by atoms with Gasteiger partial charge in [-0.2, -0.15) is 5.10 Å². The molecule has 4 aliphatic rings. The molecule has 1 saturated heterocycles. The monoisotopic (exact) mass is 391 g/mol. The molecule has 5 heteroatoms. The number of likely N-dealkylation sites (tertiary alicyclic amines) is 1. The van der Waals surface area contributed by atoms with Gasteiger partial charge in [-0.1, -0.05) is 19.1 Å². The molecule has 5 nitrogen and oxygen atoms in total. The molecular formula is C24H29N3O2. The predicted octanol–water partition coefficient (Wildman–Crippen LogP) is 3.87. The third-order valence-electron chi connectivity index (χ3n) is 7.64. The second kappa shape index (κ2) is 6.10. The highest BCUT2D eigenvalue weighted by molar-refractivity contribution is 5.85. The molecule has 0 radical (unpaired) electrons. The second-order valence-electron chi connectivity index (χ2n) is 9.91. The van der Waals surface area contributed by atoms with Gasteiger partial charge in [0, 0.05) is 47.8 Å². The van der Waals surface area contributed by atoms with Gasteiger partial charge >= 0.3 is 0 Å². The molecular weight excluding hydrogens is 362 g/mol. The van der Waals surface area contributed by atoms with Gasteiger partial charge < -0.3 is 9.64 Å². The van der Waals surface area contributed by atoms with Crippen LogP contribution in [0.1, 0.15) is 49.8 Å². The Balaban J connectivity index is 1.37. The summed E-state index contributed by atoms with van der Waals surface area (Å²) in [6.45, 7) is 4.95. The Labute approximate surface area is 172 Å². The van der Waals surface area contributed by atoms with Gasteiger partial charge in [0.1, 0.15) is 5.75 Å². The minimum Gasteiger partial charge on any atom is -0.497 e. The molecule has 0 unspecified atom stereocenters. The molecule has 29 heavy (non-hydrogen) atoms. The zero-order valence-corrected chi connectivity index (χ0v) is 17.4. The Morgan fingerprint density at radius 3 is 2.83 bits per heavy atom. The van der Waals surface area contributed by atoms with Crippen molar-refractivity contribution in [2.24, 2.45) is 17.3 Å². The smallest absolute Gasteiger partial charge is 0.228 e. The van der Waals surface area contributed by atoms with Gasteiger partial charge in [0.15, 0.2) is 0 Å². The Hall–Kier alpha value is -2.30. The molecule has 1 aromatic carbocycles. The van der Waals surface area contributed by atoms with E-state index in [4.69, 9.17) is 9.84 Å². The first kappa shape index (κ1) is 17.5. The fraction of sp³-hybridized carbons (Fsp3) is 0.583. The van der Waals surface area contributed by atoms with Crippen LogP contribution in [0.15, 0.2) is 24.3 Å². The Morgan fingerprint density at radius 2 is 2.10 bits per heavy atom. The summed E-state index contributed by atoms with van der Waals surface area (Å²) >= 11 is 0. The van der Waals surface area contributed by atoms with E-state index in [0.29, 0.717) is 17.7 Å². The molecule has 6 rings (SSSR count). The van der Waals surface area contributed by atoms with Crippen LogP contribution in [-0.2, 0) is 17.8 Å². The second-order valence-corrected chi connectivity index (χ2v) is 9.91. The molecule has 2 saturated carbocycles. The minimum atomic E-state index is -0.0761. The quantitative estimate of drug-likeness (QED) is 0.777. The number of methoxy groups -OCH3 is 1. The van der Waals surface area contributed by atoms with Crippen LogP contribution in [0, 0.1) is 17.3 Å². The highest BCUT2D eigenvalue weighted by atomic mass is 16.5. The van der Waals surface area contributed by atoms with Crippen molar-refractivity contribution in [1.29, 1.82) is 0 Å². The van der Waals surface area contributed by atoms with Gasteiger partial charge in [-0.15, -0.1) is 0 Å². The number of amides is 1. The topological polar surface area (TPSA) is 47.4 Å². The van der Waals surface area contributed by atoms with Crippen molar-refractivity contribution >= 4 is 5.91 Å². The molecule has 1 amide bonds. The van der Waals surface area contributed by atoms with Crippen LogP contribution in [0.5, 0.6) is 5.75 Å². The summed E-state index contributed by atoms with van der Waals surface area (Å²) in [6, 6.07) is 8.27. The Bertz CT molecular complexity index is 986. The number of fused-ring (bicyclic) bond motifs is 3. The minimum absolute atomic E-state index is 0.0761. The van der Waals surface area contributed by atoms with Crippen LogP contribution in [0.3, 0.4) is 0 Å². The molecule has 152 valence electrons. The van der Waals surface area contributed by atoms with E-state index in [1.165, 1.54) is 24.1 Å². The van der Waals surface area contributed by atoms with Crippen LogP contribution in [0.25, 0.3) is 11.3 Å². The maximum atomic E-state index is 13.0. The standard InChI is InChI=1S/C24H29N3O2/c1-24(8-9-24)23(28)26-13-17-11-20-21(19(17)14-26)22(25-27(20)12-15-6-7-15)16-4-3-5-18(10-16)29-2/h3-5,10,15,17,19H,6-9,11-14H2,1-2H3/t17-,19+/m0/s1. The largest absolute Gasteiger partial charge is 0.497 e. The van der Waals surface area contributed by atoms with Crippen LogP contribution in [0.4, 0.5) is 0 Å². The van der Waals surface area contributed by atoms with Gasteiger partial charge in [0.2, 0.25) is 5.91 Å². The van der Waals surface area contributed by atoms with E-state index in [1.54, 1.807) is 7.11 Å². The van der Waals surface area contributed by atoms with Crippen LogP contribution < -0.4 is 4.74 Å². The number of ether oxygens (including phenoxy) is 1. The van der Waals surface area contributed by atoms with Gasteiger partial charge in [-0.05, 0) is 56.1 Å². The molecule has 0 spiro atoms. The van der Waals surface area contributed by atoms with Crippen LogP contribution >= 0.6 is 0 Å². The van der Waals surface area contributed by atoms with Crippen molar-refractivity contribution in [3.63, 3.8) is 0 Å². The number of carbonyl (C=O) groups excluding carboxylic acids is 1. The van der Waals surface area contributed by atoms with E-state index in [1.807, 2.05) is 12.1 Å². The molecule has 1 aliphatic heterocycles. The van der Waals surface area contributed by atoms with Crippen LogP contribution in [0.2, 0.25) is 0 Å². The van der Waals surface area contributed by atoms with Crippen molar-refractivity contribution in [2.45, 2.75) is 51.5 Å². The van der Waals surface area contributed by atoms with Gasteiger partial charge in [0.05, 0.1) is 12.8 Å². The highest BCUT2D eigenvalue weighted by Crippen LogP contribution is 2.51. The lowest BCUT2D eigenvalue weighted by Gasteiger charge is -2.21. The van der Waals surface area contributed by atoms with Gasteiger partial charge in [0.25, 0.3) is 0 Å². The number of aromatic nitrogens is 2. The van der Waals surface area contributed by atoms with E-state index in [0.717, 1.165) is 61.8 Å². The zero-order valence-electron chi connectivity index (χ0n) is 17.4. The molecule has 1 aromatic heterocycles. The van der Waals surface area contributed by atoms with Crippen molar-refractivity contribution in [3.05, 3.63) is 35.5 Å². The van der Waals surface area contributed by atoms with Gasteiger partial charge in [-0.25, -0.2) is 0 Å². The number of hydrogen-bond acceptors (Lipinski definition) is 3. The average molecular weight is 392 g/mol. The molecule has 0 bridgehead atoms. The van der Waals surface area contributed by atoms with Crippen molar-refractivity contribution < 1.29 is 9.53 Å². The maximum Gasteiger partial charge on any atom is 0.228 e. The lowest BCUT2D eigenvalue weighted by atomic mass is 9.93. The first-order chi connectivity index (χ1) is 14.1. The first-order valence-electron chi connectivity index (χ1n) is 11.1. The van der Waals surface area contributed by atoms with E-state index in [2.05, 4.69) is 28.6 Å². The highest BCUT2D eigenvalue weighted by Gasteiger charge is 2.52. The lowest BCUT2D eigenvalue weighted by molar-refractivity contribution is -0.135. The van der Waals surface area contributed by atoms with Crippen molar-refractivity contribution in [3.8, 4) is 17.0 Å². The van der Waals surface area contributed by atoms with E-state index < -0.39 is 0 Å². The Morgan fingerprint density at radius 1 is 1.28 bits per heavy atom. The molecule has 2 atom stereocenters. The SMILES string of the molecule is COc1cccc(-c2nn(CC3CC3)c3c2[C@@H]2CN(C(=O)C4(C)CC4)C[C@@H]2C3)c1. The molecule has 2 aromatic rings. The van der Waals surface area contributed by atoms with Crippen molar-refractivity contribution in [2.75, 3.05) is 20.2 Å². The molecule has 2 heterocycles. The molecule has 3 fully saturated rings. The third-order valence-corrected chi connectivity index (χ3v) is 7.64. The summed E-state index contributed by atoms with van der Waals surface area (Å²) in [5.74, 6) is 3.01. The van der Waals surface area contributed by atoms with Crippen molar-refractivity contribution in [1.82, 2.24) is 14.7 Å². The summed E-state index contributed by atoms with van der Waals surface area (Å²) in [7, 11) is 1.71. The Kier molecular flexibility index (Phi) is 3.69. The average Bonchev–Trinajstić information content (AvgIpc) is 3.58. The molecule has 3 aliphatic carbocycles. The number of nitrogens with zero attached hydrogens (tertiary/aromatic N) is 3. The maximum absolute atomic E-state index is 13.0. The first-order valence-corrected chi connectivity index (χ1v) is 11.1. The summed E-state index contributed by atoms with van der Waals surface area (Å²) < 4.78 is 7.77. The lowest BCUT2D eigenvalue weighted by Crippen LogP contribution is -2.35. The van der Waals surface area contributed by atoms with Gasteiger partial charge in [-0.3, -0.25) is 9.48 Å². The number of benzene rings is 1. The number of carbonyl (C=O) groups is 1. The number of hydrogen-bond donors (Lipinski definition) is 0. The third kappa shape index (κ3) is 2.81. The number of rotatable bonds is 5. The summed E-state index contributed by atoms with van der Waals surface area (Å²) in [4.78, 5) is 15.1. The summed E-state index contributed by atoms with van der Waals surface area (Å²) in [5.41, 5.74) is 5.00. The predicted molar refractivity (Wildman–Crippen MR) is 111 cm³/mol. The zero-order chi connectivity index (χ0) is 19.8. The fourth-order valence-corrected chi connectivity index (χ4v) is 5.40. The molecule has 0 N–H and O–H groups in total. The van der Waals surface area contributed by atoms with E-state index in [-0.39, 0.29) is 5.41 Å². The summed E-state index contributed by atoms with van der Waals surface area (Å²) in [6.07, 6.45) is 5.83. The van der Waals surface area contributed by atoms with E-state index in [9.17, 15) is 4.79 Å². The fourth-order valence-electron chi connectivity index (χ4n) is 5.40. The van der Waals surface area contributed by atoms with E-state index >= 15 is 0 Å².